The largest absolute Gasteiger partial charge is 0.497 e. The predicted octanol–water partition coefficient (Wildman–Crippen LogP) is 5.54. The van der Waals surface area contributed by atoms with Gasteiger partial charge in [-0.15, -0.1) is 0 Å². The van der Waals surface area contributed by atoms with Crippen molar-refractivity contribution in [1.29, 1.82) is 0 Å². The van der Waals surface area contributed by atoms with Crippen LogP contribution in [0.25, 0.3) is 22.1 Å². The number of anilines is 1. The molecule has 0 saturated heterocycles. The summed E-state index contributed by atoms with van der Waals surface area (Å²) in [5.74, 6) is 1.26. The summed E-state index contributed by atoms with van der Waals surface area (Å²) in [6.07, 6.45) is 0.255. The van der Waals surface area contributed by atoms with Crippen LogP contribution in [-0.4, -0.2) is 32.0 Å². The fourth-order valence-electron chi connectivity index (χ4n) is 3.91. The molecule has 176 valence electrons. The number of rotatable bonds is 9. The highest BCUT2D eigenvalue weighted by molar-refractivity contribution is 5.96. The van der Waals surface area contributed by atoms with E-state index in [1.54, 1.807) is 21.1 Å². The normalized spacial score (nSPS) is 10.8. The first-order chi connectivity index (χ1) is 16.5. The summed E-state index contributed by atoms with van der Waals surface area (Å²) < 4.78 is 21.5. The molecule has 0 bridgehead atoms. The van der Waals surface area contributed by atoms with Crippen LogP contribution in [0.2, 0.25) is 0 Å². The summed E-state index contributed by atoms with van der Waals surface area (Å²) >= 11 is 0. The Bertz CT molecular complexity index is 1290. The number of ether oxygens (including phenoxy) is 3. The van der Waals surface area contributed by atoms with Crippen LogP contribution in [0.15, 0.2) is 59.1 Å². The molecule has 1 heterocycles. The zero-order valence-corrected chi connectivity index (χ0v) is 19.8. The summed E-state index contributed by atoms with van der Waals surface area (Å²) in [7, 11) is 3.28. The zero-order chi connectivity index (χ0) is 24.1. The van der Waals surface area contributed by atoms with Crippen LogP contribution >= 0.6 is 0 Å². The molecule has 1 N–H and O–H groups in total. The fraction of sp³-hybridized carbons (Fsp3) is 0.259. The number of fused-ring (bicyclic) bond motifs is 1. The van der Waals surface area contributed by atoms with Crippen molar-refractivity contribution in [3.05, 3.63) is 71.4 Å². The van der Waals surface area contributed by atoms with E-state index in [4.69, 9.17) is 18.7 Å². The van der Waals surface area contributed by atoms with E-state index in [1.165, 1.54) is 0 Å². The fourth-order valence-corrected chi connectivity index (χ4v) is 3.91. The molecule has 4 aromatic rings. The lowest BCUT2D eigenvalue weighted by Gasteiger charge is -2.14. The first-order valence-electron chi connectivity index (χ1n) is 11.1. The van der Waals surface area contributed by atoms with Gasteiger partial charge < -0.3 is 24.1 Å². The molecule has 0 aliphatic carbocycles. The highest BCUT2D eigenvalue weighted by Gasteiger charge is 2.14. The van der Waals surface area contributed by atoms with Crippen LogP contribution < -0.4 is 14.8 Å². The van der Waals surface area contributed by atoms with Crippen molar-refractivity contribution >= 4 is 22.6 Å². The third-order valence-corrected chi connectivity index (χ3v) is 5.65. The Labute approximate surface area is 198 Å². The van der Waals surface area contributed by atoms with Crippen LogP contribution in [0.1, 0.15) is 23.7 Å². The Hall–Kier alpha value is -4.00. The number of aromatic nitrogens is 1. The van der Waals surface area contributed by atoms with Gasteiger partial charge in [0.25, 0.3) is 0 Å². The number of esters is 1. The van der Waals surface area contributed by atoms with Gasteiger partial charge in [-0.2, -0.15) is 0 Å². The summed E-state index contributed by atoms with van der Waals surface area (Å²) in [6.45, 7) is 4.66. The van der Waals surface area contributed by atoms with E-state index in [-0.39, 0.29) is 12.4 Å². The maximum absolute atomic E-state index is 11.8. The molecule has 0 aliphatic heterocycles. The molecule has 0 fully saturated rings. The number of carbonyl (C=O) groups excluding carboxylic acids is 1. The molecule has 0 spiro atoms. The van der Waals surface area contributed by atoms with E-state index in [9.17, 15) is 4.79 Å². The topological polar surface area (TPSA) is 82.8 Å². The molecule has 4 rings (SSSR count). The average Bonchev–Trinajstić information content (AvgIpc) is 3.23. The van der Waals surface area contributed by atoms with Crippen LogP contribution in [0.3, 0.4) is 0 Å². The lowest BCUT2D eigenvalue weighted by Crippen LogP contribution is -2.07. The number of hydrogen-bond donors (Lipinski definition) is 1. The van der Waals surface area contributed by atoms with E-state index in [0.29, 0.717) is 18.7 Å². The second-order valence-corrected chi connectivity index (χ2v) is 7.87. The lowest BCUT2D eigenvalue weighted by molar-refractivity contribution is -0.142. The number of nitrogens with one attached hydrogen (secondary N) is 1. The molecule has 1 aromatic heterocycles. The summed E-state index contributed by atoms with van der Waals surface area (Å²) in [4.78, 5) is 11.8. The number of aryl methyl sites for hydroxylation is 1. The lowest BCUT2D eigenvalue weighted by atomic mass is 10.00. The number of carbonyl (C=O) groups is 1. The Morgan fingerprint density at radius 3 is 2.50 bits per heavy atom. The number of nitrogens with zero attached hydrogens (tertiary/aromatic N) is 1. The van der Waals surface area contributed by atoms with Gasteiger partial charge in [-0.25, -0.2) is 0 Å². The molecular formula is C27H28N2O5. The van der Waals surface area contributed by atoms with Gasteiger partial charge in [0.2, 0.25) is 0 Å². The van der Waals surface area contributed by atoms with E-state index >= 15 is 0 Å². The third kappa shape index (κ3) is 4.98. The smallest absolute Gasteiger partial charge is 0.310 e. The van der Waals surface area contributed by atoms with E-state index in [0.717, 1.165) is 50.5 Å². The zero-order valence-electron chi connectivity index (χ0n) is 19.8. The molecule has 0 aliphatic rings. The van der Waals surface area contributed by atoms with Crippen molar-refractivity contribution in [3.63, 3.8) is 0 Å². The predicted molar refractivity (Wildman–Crippen MR) is 131 cm³/mol. The molecule has 0 radical (unpaired) electrons. The Morgan fingerprint density at radius 1 is 1.00 bits per heavy atom. The SMILES string of the molecule is CCOC(=O)Cc1ccc(-c2cc(NCc3ccc(OC)cc3OC)c3c(C)noc3c2)cc1. The maximum Gasteiger partial charge on any atom is 0.310 e. The highest BCUT2D eigenvalue weighted by Crippen LogP contribution is 2.34. The van der Waals surface area contributed by atoms with Crippen molar-refractivity contribution < 1.29 is 23.5 Å². The second-order valence-electron chi connectivity index (χ2n) is 7.87. The molecule has 0 unspecified atom stereocenters. The van der Waals surface area contributed by atoms with Crippen molar-refractivity contribution in [2.45, 2.75) is 26.8 Å². The van der Waals surface area contributed by atoms with E-state index in [1.807, 2.05) is 55.5 Å². The van der Waals surface area contributed by atoms with Gasteiger partial charge >= 0.3 is 5.97 Å². The minimum Gasteiger partial charge on any atom is -0.497 e. The summed E-state index contributed by atoms with van der Waals surface area (Å²) in [5.41, 5.74) is 6.33. The van der Waals surface area contributed by atoms with Gasteiger partial charge in [0.15, 0.2) is 5.58 Å². The van der Waals surface area contributed by atoms with Gasteiger partial charge in [0, 0.05) is 23.9 Å². The van der Waals surface area contributed by atoms with Crippen LogP contribution in [0.4, 0.5) is 5.69 Å². The number of benzene rings is 3. The van der Waals surface area contributed by atoms with Crippen molar-refractivity contribution in [2.24, 2.45) is 0 Å². The van der Waals surface area contributed by atoms with E-state index in [2.05, 4.69) is 16.5 Å². The van der Waals surface area contributed by atoms with Crippen molar-refractivity contribution in [1.82, 2.24) is 5.16 Å². The van der Waals surface area contributed by atoms with Crippen LogP contribution in [0.5, 0.6) is 11.5 Å². The monoisotopic (exact) mass is 460 g/mol. The number of methoxy groups -OCH3 is 2. The van der Waals surface area contributed by atoms with Crippen LogP contribution in [0, 0.1) is 6.92 Å². The minimum atomic E-state index is -0.228. The Balaban J connectivity index is 1.62. The summed E-state index contributed by atoms with van der Waals surface area (Å²) in [5, 5.41) is 8.62. The van der Waals surface area contributed by atoms with E-state index < -0.39 is 0 Å². The number of hydrogen-bond acceptors (Lipinski definition) is 7. The molecular weight excluding hydrogens is 432 g/mol. The first-order valence-corrected chi connectivity index (χ1v) is 11.1. The standard InChI is InChI=1S/C27H28N2O5/c1-5-33-26(30)12-18-6-8-19(9-7-18)21-13-23(27-17(2)29-34-25(27)14-21)28-16-20-10-11-22(31-3)15-24(20)32-4/h6-11,13-15,28H,5,12,16H2,1-4H3. The molecule has 0 saturated carbocycles. The molecule has 7 heteroatoms. The average molecular weight is 461 g/mol. The molecule has 3 aromatic carbocycles. The van der Waals surface area contributed by atoms with Gasteiger partial charge in [0.1, 0.15) is 11.5 Å². The Morgan fingerprint density at radius 2 is 1.79 bits per heavy atom. The van der Waals surface area contributed by atoms with Crippen LogP contribution in [-0.2, 0) is 22.5 Å². The molecule has 34 heavy (non-hydrogen) atoms. The molecule has 0 amide bonds. The minimum absolute atomic E-state index is 0.228. The Kier molecular flexibility index (Phi) is 7.01. The second kappa shape index (κ2) is 10.3. The third-order valence-electron chi connectivity index (χ3n) is 5.65. The highest BCUT2D eigenvalue weighted by atomic mass is 16.5. The van der Waals surface area contributed by atoms with Gasteiger partial charge in [0.05, 0.1) is 38.3 Å². The van der Waals surface area contributed by atoms with Gasteiger partial charge in [-0.05, 0) is 54.8 Å². The van der Waals surface area contributed by atoms with Crippen molar-refractivity contribution in [2.75, 3.05) is 26.1 Å². The first kappa shape index (κ1) is 23.2. The van der Waals surface area contributed by atoms with Crippen molar-refractivity contribution in [3.8, 4) is 22.6 Å². The maximum atomic E-state index is 11.8. The van der Waals surface area contributed by atoms with Gasteiger partial charge in [-0.3, -0.25) is 4.79 Å². The molecule has 0 atom stereocenters. The quantitative estimate of drug-likeness (QED) is 0.328. The van der Waals surface area contributed by atoms with Gasteiger partial charge in [-0.1, -0.05) is 29.4 Å². The summed E-state index contributed by atoms with van der Waals surface area (Å²) in [6, 6.07) is 17.7. The molecule has 7 nitrogen and oxygen atoms in total.